The minimum absolute atomic E-state index is 0.831. The normalized spacial score (nSPS) is 6.25. The van der Waals surface area contributed by atoms with Crippen LogP contribution in [0.4, 0.5) is 0 Å². The molecule has 24 valence electrons. The molecule has 0 amide bonds. The first-order valence-electron chi connectivity index (χ1n) is 0.964. The Morgan fingerprint density at radius 3 is 2.25 bits per heavy atom. The SMILES string of the molecule is N=CCI. The van der Waals surface area contributed by atoms with E-state index in [0.717, 1.165) is 4.43 Å². The molecule has 4 heavy (non-hydrogen) atoms. The van der Waals surface area contributed by atoms with Crippen LogP contribution in [0.25, 0.3) is 0 Å². The van der Waals surface area contributed by atoms with E-state index < -0.39 is 0 Å². The maximum atomic E-state index is 6.32. The summed E-state index contributed by atoms with van der Waals surface area (Å²) in [6, 6.07) is 0. The van der Waals surface area contributed by atoms with Crippen molar-refractivity contribution in [2.24, 2.45) is 0 Å². The third-order valence-corrected chi connectivity index (χ3v) is 0.518. The summed E-state index contributed by atoms with van der Waals surface area (Å²) in [6.45, 7) is 0. The third kappa shape index (κ3) is 2.40. The first-order valence-corrected chi connectivity index (χ1v) is 2.49. The molecule has 0 aromatic rings. The number of halogens is 1. The lowest BCUT2D eigenvalue weighted by atomic mass is 10.9. The summed E-state index contributed by atoms with van der Waals surface area (Å²) in [5.74, 6) is 0. The van der Waals surface area contributed by atoms with E-state index in [-0.39, 0.29) is 0 Å². The molecule has 0 radical (unpaired) electrons. The summed E-state index contributed by atoms with van der Waals surface area (Å²) < 4.78 is 0.831. The quantitative estimate of drug-likeness (QED) is 0.345. The van der Waals surface area contributed by atoms with E-state index >= 15 is 0 Å². The van der Waals surface area contributed by atoms with Gasteiger partial charge >= 0.3 is 0 Å². The summed E-state index contributed by atoms with van der Waals surface area (Å²) in [6.07, 6.45) is 1.36. The minimum Gasteiger partial charge on any atom is -0.312 e. The van der Waals surface area contributed by atoms with Crippen molar-refractivity contribution in [3.63, 3.8) is 0 Å². The van der Waals surface area contributed by atoms with Gasteiger partial charge in [-0.3, -0.25) is 0 Å². The number of nitrogens with one attached hydrogen (secondary N) is 1. The molecular weight excluding hydrogens is 165 g/mol. The fraction of sp³-hybridized carbons (Fsp3) is 0.500. The number of alkyl halides is 1. The van der Waals surface area contributed by atoms with Gasteiger partial charge < -0.3 is 5.41 Å². The van der Waals surface area contributed by atoms with Gasteiger partial charge in [0.2, 0.25) is 0 Å². The highest BCUT2D eigenvalue weighted by molar-refractivity contribution is 14.1. The van der Waals surface area contributed by atoms with Crippen molar-refractivity contribution in [2.45, 2.75) is 0 Å². The van der Waals surface area contributed by atoms with Crippen LogP contribution in [0.2, 0.25) is 0 Å². The van der Waals surface area contributed by atoms with E-state index in [0.29, 0.717) is 0 Å². The van der Waals surface area contributed by atoms with E-state index in [1.54, 1.807) is 0 Å². The van der Waals surface area contributed by atoms with E-state index in [1.807, 2.05) is 0 Å². The Kier molecular flexibility index (Phi) is 3.74. The molecule has 1 N–H and O–H groups in total. The molecule has 0 spiro atoms. The molecule has 0 aliphatic heterocycles. The molecule has 0 atom stereocenters. The smallest absolute Gasteiger partial charge is 0.0343 e. The van der Waals surface area contributed by atoms with Crippen LogP contribution < -0.4 is 0 Å². The van der Waals surface area contributed by atoms with Crippen molar-refractivity contribution in [2.75, 3.05) is 4.43 Å². The van der Waals surface area contributed by atoms with Crippen LogP contribution in [0.3, 0.4) is 0 Å². The first-order chi connectivity index (χ1) is 1.91. The van der Waals surface area contributed by atoms with Gasteiger partial charge in [0.1, 0.15) is 0 Å². The highest BCUT2D eigenvalue weighted by Crippen LogP contribution is 1.68. The zero-order chi connectivity index (χ0) is 3.41. The Labute approximate surface area is 39.1 Å². The Bertz CT molecular complexity index is 20.0. The van der Waals surface area contributed by atoms with Gasteiger partial charge in [0, 0.05) is 10.6 Å². The maximum absolute atomic E-state index is 6.32. The Morgan fingerprint density at radius 2 is 2.25 bits per heavy atom. The van der Waals surface area contributed by atoms with Crippen LogP contribution in [0.15, 0.2) is 0 Å². The molecule has 0 aromatic carbocycles. The fourth-order valence-corrected chi connectivity index (χ4v) is 0. The average Bonchev–Trinajstić information content (AvgIpc) is 1.37. The largest absolute Gasteiger partial charge is 0.312 e. The molecule has 0 unspecified atom stereocenters. The summed E-state index contributed by atoms with van der Waals surface area (Å²) in [7, 11) is 0. The molecule has 0 bridgehead atoms. The summed E-state index contributed by atoms with van der Waals surface area (Å²) in [5.41, 5.74) is 0. The van der Waals surface area contributed by atoms with Gasteiger partial charge in [-0.05, 0) is 0 Å². The van der Waals surface area contributed by atoms with Crippen molar-refractivity contribution >= 4 is 28.8 Å². The second kappa shape index (κ2) is 3.40. The van der Waals surface area contributed by atoms with Crippen molar-refractivity contribution in [3.8, 4) is 0 Å². The summed E-state index contributed by atoms with van der Waals surface area (Å²) in [5, 5.41) is 6.32. The van der Waals surface area contributed by atoms with Crippen LogP contribution in [-0.2, 0) is 0 Å². The van der Waals surface area contributed by atoms with Crippen LogP contribution in [0.1, 0.15) is 0 Å². The summed E-state index contributed by atoms with van der Waals surface area (Å²) in [4.78, 5) is 0. The second-order valence-electron chi connectivity index (χ2n) is 0.358. The molecule has 2 heteroatoms. The zero-order valence-corrected chi connectivity index (χ0v) is 4.32. The minimum atomic E-state index is 0.831. The molecule has 0 aliphatic carbocycles. The van der Waals surface area contributed by atoms with E-state index in [9.17, 15) is 0 Å². The molecule has 0 heterocycles. The topological polar surface area (TPSA) is 23.9 Å². The molecule has 1 nitrogen and oxygen atoms in total. The van der Waals surface area contributed by atoms with Crippen molar-refractivity contribution in [1.82, 2.24) is 0 Å². The van der Waals surface area contributed by atoms with Crippen molar-refractivity contribution in [1.29, 1.82) is 5.41 Å². The van der Waals surface area contributed by atoms with Gasteiger partial charge in [-0.1, -0.05) is 22.6 Å². The van der Waals surface area contributed by atoms with Gasteiger partial charge in [0.25, 0.3) is 0 Å². The monoisotopic (exact) mass is 169 g/mol. The lowest BCUT2D eigenvalue weighted by Crippen LogP contribution is -1.59. The van der Waals surface area contributed by atoms with Crippen molar-refractivity contribution < 1.29 is 0 Å². The molecule has 0 fully saturated rings. The second-order valence-corrected chi connectivity index (χ2v) is 1.24. The maximum Gasteiger partial charge on any atom is 0.0343 e. The highest BCUT2D eigenvalue weighted by Gasteiger charge is 1.50. The molecule has 0 saturated carbocycles. The Morgan fingerprint density at radius 1 is 2.00 bits per heavy atom. The van der Waals surface area contributed by atoms with E-state index in [4.69, 9.17) is 5.41 Å². The molecule has 0 rings (SSSR count). The van der Waals surface area contributed by atoms with Gasteiger partial charge in [-0.15, -0.1) is 0 Å². The number of hydrogen-bond acceptors (Lipinski definition) is 1. The van der Waals surface area contributed by atoms with Crippen LogP contribution in [-0.4, -0.2) is 10.6 Å². The van der Waals surface area contributed by atoms with Gasteiger partial charge in [-0.25, -0.2) is 0 Å². The lowest BCUT2D eigenvalue weighted by molar-refractivity contribution is 1.56. The number of hydrogen-bond donors (Lipinski definition) is 1. The summed E-state index contributed by atoms with van der Waals surface area (Å²) >= 11 is 2.11. The van der Waals surface area contributed by atoms with Gasteiger partial charge in [0.05, 0.1) is 0 Å². The Hall–Kier alpha value is 0.400. The number of rotatable bonds is 1. The molecule has 0 aromatic heterocycles. The average molecular weight is 169 g/mol. The molecule has 0 saturated heterocycles. The van der Waals surface area contributed by atoms with Gasteiger partial charge in [-0.2, -0.15) is 0 Å². The highest BCUT2D eigenvalue weighted by atomic mass is 127. The van der Waals surface area contributed by atoms with Gasteiger partial charge in [0.15, 0.2) is 0 Å². The standard InChI is InChI=1S/C2H4IN/c3-1-2-4/h2,4H,1H2. The third-order valence-electron chi connectivity index (χ3n) is 0.0772. The lowest BCUT2D eigenvalue weighted by Gasteiger charge is -1.54. The van der Waals surface area contributed by atoms with Crippen molar-refractivity contribution in [3.05, 3.63) is 0 Å². The van der Waals surface area contributed by atoms with Crippen LogP contribution in [0.5, 0.6) is 0 Å². The Balaban J connectivity index is 2.30. The zero-order valence-electron chi connectivity index (χ0n) is 2.16. The predicted octanol–water partition coefficient (Wildman–Crippen LogP) is 1.07. The van der Waals surface area contributed by atoms with Crippen LogP contribution >= 0.6 is 22.6 Å². The fourth-order valence-electron chi connectivity index (χ4n) is 0. The molecule has 0 aliphatic rings. The predicted molar refractivity (Wildman–Crippen MR) is 27.7 cm³/mol. The molecular formula is C2H4IN. The van der Waals surface area contributed by atoms with Crippen LogP contribution in [0, 0.1) is 5.41 Å². The van der Waals surface area contributed by atoms with E-state index in [1.165, 1.54) is 6.21 Å². The van der Waals surface area contributed by atoms with E-state index in [2.05, 4.69) is 22.6 Å². The first kappa shape index (κ1) is 4.40.